The first-order valence-electron chi connectivity index (χ1n) is 10.7. The fourth-order valence-corrected chi connectivity index (χ4v) is 3.93. The summed E-state index contributed by atoms with van der Waals surface area (Å²) in [6.07, 6.45) is 12.1. The van der Waals surface area contributed by atoms with Crippen LogP contribution in [0.5, 0.6) is 11.5 Å². The molecule has 2 aromatic rings. The van der Waals surface area contributed by atoms with Crippen molar-refractivity contribution in [3.63, 3.8) is 0 Å². The van der Waals surface area contributed by atoms with Crippen LogP contribution in [0, 0.1) is 0 Å². The Morgan fingerprint density at radius 1 is 1.26 bits per heavy atom. The van der Waals surface area contributed by atoms with Gasteiger partial charge in [-0.15, -0.1) is 11.3 Å². The second-order valence-electron chi connectivity index (χ2n) is 6.58. The average Bonchev–Trinajstić information content (AvgIpc) is 3.49. The third kappa shape index (κ3) is 6.37. The van der Waals surface area contributed by atoms with Gasteiger partial charge in [0.15, 0.2) is 11.5 Å². The molecule has 34 heavy (non-hydrogen) atoms. The van der Waals surface area contributed by atoms with Crippen molar-refractivity contribution < 1.29 is 24.5 Å². The predicted molar refractivity (Wildman–Crippen MR) is 136 cm³/mol. The number of hydrogen-bond acceptors (Lipinski definition) is 8. The highest BCUT2D eigenvalue weighted by atomic mass is 32.1. The Kier molecular flexibility index (Phi) is 10.1. The second kappa shape index (κ2) is 13.0. The molecule has 3 heterocycles. The van der Waals surface area contributed by atoms with Crippen molar-refractivity contribution in [1.82, 2.24) is 10.4 Å². The minimum absolute atomic E-state index is 0.00204. The second-order valence-corrected chi connectivity index (χ2v) is 7.46. The quantitative estimate of drug-likeness (QED) is 0.336. The molecule has 1 atom stereocenters. The number of carboxylic acid groups (broad SMARTS) is 1. The zero-order valence-corrected chi connectivity index (χ0v) is 20.3. The fraction of sp³-hybridized carbons (Fsp3) is 0.200. The van der Waals surface area contributed by atoms with Crippen molar-refractivity contribution in [2.45, 2.75) is 26.8 Å². The number of para-hydroxylation sites is 2. The number of aldehydes is 1. The van der Waals surface area contributed by atoms with Gasteiger partial charge in [0, 0.05) is 24.2 Å². The highest BCUT2D eigenvalue weighted by molar-refractivity contribution is 7.14. The lowest BCUT2D eigenvalue weighted by Gasteiger charge is -2.17. The van der Waals surface area contributed by atoms with Crippen molar-refractivity contribution in [2.75, 3.05) is 12.4 Å². The molecule has 0 radical (unpaired) electrons. The van der Waals surface area contributed by atoms with Gasteiger partial charge >= 0.3 is 5.97 Å². The molecule has 1 aromatic carbocycles. The van der Waals surface area contributed by atoms with Crippen molar-refractivity contribution in [3.05, 3.63) is 83.0 Å². The Morgan fingerprint density at radius 2 is 2.00 bits per heavy atom. The van der Waals surface area contributed by atoms with Gasteiger partial charge < -0.3 is 25.1 Å². The summed E-state index contributed by atoms with van der Waals surface area (Å²) in [4.78, 5) is 21.8. The number of carboxylic acids is 1. The smallest absolute Gasteiger partial charge is 0.339 e. The van der Waals surface area contributed by atoms with Crippen LogP contribution in [-0.4, -0.2) is 40.6 Å². The third-order valence-electron chi connectivity index (χ3n) is 4.52. The molecule has 0 fully saturated rings. The molecule has 8 nitrogen and oxygen atoms in total. The molecular weight excluding hydrogens is 454 g/mol. The van der Waals surface area contributed by atoms with Crippen LogP contribution < -0.4 is 15.5 Å². The van der Waals surface area contributed by atoms with E-state index < -0.39 is 5.97 Å². The Morgan fingerprint density at radius 3 is 2.59 bits per heavy atom. The first-order valence-corrected chi connectivity index (χ1v) is 11.6. The van der Waals surface area contributed by atoms with Gasteiger partial charge in [-0.05, 0) is 43.4 Å². The number of fused-ring (bicyclic) bond motifs is 1. The summed E-state index contributed by atoms with van der Waals surface area (Å²) in [5, 5.41) is 26.1. The maximum Gasteiger partial charge on any atom is 0.339 e. The molecule has 0 bridgehead atoms. The number of nitrogens with one attached hydrogen (secondary N) is 2. The van der Waals surface area contributed by atoms with Crippen LogP contribution >= 0.6 is 11.3 Å². The first-order chi connectivity index (χ1) is 16.5. The summed E-state index contributed by atoms with van der Waals surface area (Å²) >= 11 is 1.29. The lowest BCUT2D eigenvalue weighted by Crippen LogP contribution is -2.34. The number of phenolic OH excluding ortho intramolecular Hbond substituents is 1. The van der Waals surface area contributed by atoms with Gasteiger partial charge in [0.1, 0.15) is 28.7 Å². The number of anilines is 1. The van der Waals surface area contributed by atoms with E-state index in [4.69, 9.17) is 4.74 Å². The SMILES string of the molecule is C/C=C(\Oc1ccccc1O)c1csc(NC)c1C(=O)O.CC.O=CC1C=C2C=CC=CN2N1. The molecule has 1 aromatic heterocycles. The van der Waals surface area contributed by atoms with Gasteiger partial charge in [0.25, 0.3) is 0 Å². The lowest BCUT2D eigenvalue weighted by molar-refractivity contribution is -0.109. The van der Waals surface area contributed by atoms with Crippen LogP contribution in [0.2, 0.25) is 0 Å². The number of rotatable bonds is 6. The molecule has 2 aliphatic heterocycles. The van der Waals surface area contributed by atoms with E-state index in [1.54, 1.807) is 43.6 Å². The summed E-state index contributed by atoms with van der Waals surface area (Å²) in [5.41, 5.74) is 4.64. The number of carbonyl (C=O) groups is 2. The molecular formula is C25H29N3O5S. The van der Waals surface area contributed by atoms with Gasteiger partial charge in [-0.25, -0.2) is 10.2 Å². The standard InChI is InChI=1S/C15H15NO4S.C8H8N2O.C2H6/c1-3-11(20-12-7-5-4-6-10(12)17)9-8-21-14(16-2)13(9)15(18)19;11-6-7-5-8-3-1-2-4-10(8)9-7;1-2/h3-8,16-17H,1-2H3,(H,18,19);1-7,9H;1-2H3/b11-3-;;. The van der Waals surface area contributed by atoms with Crippen LogP contribution in [0.25, 0.3) is 5.76 Å². The van der Waals surface area contributed by atoms with Crippen LogP contribution in [0.4, 0.5) is 5.00 Å². The highest BCUT2D eigenvalue weighted by Gasteiger charge is 2.22. The van der Waals surface area contributed by atoms with E-state index in [1.807, 2.05) is 49.4 Å². The molecule has 0 spiro atoms. The topological polar surface area (TPSA) is 111 Å². The fourth-order valence-electron chi connectivity index (χ4n) is 3.03. The van der Waals surface area contributed by atoms with Gasteiger partial charge in [0.05, 0.1) is 5.70 Å². The molecule has 2 aliphatic rings. The van der Waals surface area contributed by atoms with Crippen LogP contribution in [0.1, 0.15) is 36.7 Å². The number of thiophene rings is 1. The summed E-state index contributed by atoms with van der Waals surface area (Å²) in [5.74, 6) is -0.376. The molecule has 180 valence electrons. The monoisotopic (exact) mass is 483 g/mol. The van der Waals surface area contributed by atoms with Crippen molar-refractivity contribution in [3.8, 4) is 11.5 Å². The van der Waals surface area contributed by atoms with Crippen molar-refractivity contribution in [1.29, 1.82) is 0 Å². The molecule has 1 unspecified atom stereocenters. The number of hydrazine groups is 1. The van der Waals surface area contributed by atoms with Crippen LogP contribution in [0.3, 0.4) is 0 Å². The number of allylic oxidation sites excluding steroid dienone is 4. The van der Waals surface area contributed by atoms with E-state index in [1.165, 1.54) is 17.4 Å². The predicted octanol–water partition coefficient (Wildman–Crippen LogP) is 5.00. The number of aromatic hydroxyl groups is 1. The summed E-state index contributed by atoms with van der Waals surface area (Å²) in [6.45, 7) is 5.75. The summed E-state index contributed by atoms with van der Waals surface area (Å²) in [6, 6.07) is 6.37. The first kappa shape index (κ1) is 26.4. The third-order valence-corrected chi connectivity index (χ3v) is 5.52. The van der Waals surface area contributed by atoms with E-state index >= 15 is 0 Å². The van der Waals surface area contributed by atoms with Crippen LogP contribution in [-0.2, 0) is 4.79 Å². The van der Waals surface area contributed by atoms with Crippen molar-refractivity contribution >= 4 is 34.4 Å². The van der Waals surface area contributed by atoms with Gasteiger partial charge in [-0.2, -0.15) is 0 Å². The number of phenols is 1. The number of ether oxygens (including phenoxy) is 1. The maximum absolute atomic E-state index is 11.4. The lowest BCUT2D eigenvalue weighted by atomic mass is 10.1. The summed E-state index contributed by atoms with van der Waals surface area (Å²) in [7, 11) is 1.67. The van der Waals surface area contributed by atoms with Crippen molar-refractivity contribution in [2.24, 2.45) is 0 Å². The van der Waals surface area contributed by atoms with Crippen LogP contribution in [0.15, 0.2) is 71.9 Å². The number of nitrogens with zero attached hydrogens (tertiary/aromatic N) is 1. The zero-order valence-electron chi connectivity index (χ0n) is 19.5. The minimum atomic E-state index is -1.03. The molecule has 9 heteroatoms. The number of benzene rings is 1. The van der Waals surface area contributed by atoms with Gasteiger partial charge in [-0.3, -0.25) is 5.01 Å². The van der Waals surface area contributed by atoms with E-state index in [-0.39, 0.29) is 23.1 Å². The Balaban J connectivity index is 0.000000262. The van der Waals surface area contributed by atoms with E-state index in [2.05, 4.69) is 10.7 Å². The molecule has 4 rings (SSSR count). The molecule has 0 saturated carbocycles. The number of hydrogen-bond donors (Lipinski definition) is 4. The van der Waals surface area contributed by atoms with E-state index in [0.29, 0.717) is 16.3 Å². The number of carbonyl (C=O) groups excluding carboxylic acids is 1. The minimum Gasteiger partial charge on any atom is -0.504 e. The molecule has 0 amide bonds. The number of aromatic carboxylic acids is 1. The largest absolute Gasteiger partial charge is 0.504 e. The Bertz CT molecular complexity index is 1120. The van der Waals surface area contributed by atoms with Gasteiger partial charge in [0.2, 0.25) is 0 Å². The molecule has 0 saturated heterocycles. The molecule has 4 N–H and O–H groups in total. The van der Waals surface area contributed by atoms with E-state index in [9.17, 15) is 19.8 Å². The summed E-state index contributed by atoms with van der Waals surface area (Å²) < 4.78 is 5.66. The Hall–Kier alpha value is -3.82. The highest BCUT2D eigenvalue weighted by Crippen LogP contribution is 2.35. The zero-order chi connectivity index (χ0) is 25.1. The van der Waals surface area contributed by atoms with E-state index in [0.717, 1.165) is 12.0 Å². The Labute approximate surface area is 203 Å². The molecule has 0 aliphatic carbocycles. The van der Waals surface area contributed by atoms with Gasteiger partial charge in [-0.1, -0.05) is 32.1 Å². The normalized spacial score (nSPS) is 15.8. The average molecular weight is 484 g/mol. The maximum atomic E-state index is 11.4.